The van der Waals surface area contributed by atoms with E-state index in [2.05, 4.69) is 4.42 Å². The van der Waals surface area contributed by atoms with Gasteiger partial charge in [0.2, 0.25) is 0 Å². The fourth-order valence-electron chi connectivity index (χ4n) is 1.33. The summed E-state index contributed by atoms with van der Waals surface area (Å²) in [5.74, 6) is -1.12. The fraction of sp³-hybridized carbons (Fsp3) is 0.0909. The third kappa shape index (κ3) is 1.79. The first kappa shape index (κ1) is 10.4. The maximum absolute atomic E-state index is 12.7. The van der Waals surface area contributed by atoms with Crippen molar-refractivity contribution in [3.8, 4) is 11.1 Å². The van der Waals surface area contributed by atoms with Crippen LogP contribution in [0.3, 0.4) is 0 Å². The van der Waals surface area contributed by atoms with Gasteiger partial charge >= 0.3 is 11.4 Å². The molecule has 0 aliphatic rings. The molecule has 16 heavy (non-hydrogen) atoms. The SMILES string of the molecule is Cn1cc(-c2ccc(F)cc2)c(=O)oc1=O. The maximum Gasteiger partial charge on any atom is 0.421 e. The Morgan fingerprint density at radius 1 is 1.19 bits per heavy atom. The summed E-state index contributed by atoms with van der Waals surface area (Å²) in [6.07, 6.45) is 1.36. The van der Waals surface area contributed by atoms with E-state index >= 15 is 0 Å². The van der Waals surface area contributed by atoms with Gasteiger partial charge in [0.1, 0.15) is 5.82 Å². The fourth-order valence-corrected chi connectivity index (χ4v) is 1.33. The van der Waals surface area contributed by atoms with Crippen molar-refractivity contribution in [2.75, 3.05) is 0 Å². The van der Waals surface area contributed by atoms with Crippen LogP contribution in [0, 0.1) is 5.82 Å². The van der Waals surface area contributed by atoms with Crippen LogP contribution in [-0.4, -0.2) is 4.57 Å². The summed E-state index contributed by atoms with van der Waals surface area (Å²) >= 11 is 0. The molecular weight excluding hydrogens is 213 g/mol. The molecule has 5 heteroatoms. The van der Waals surface area contributed by atoms with Crippen LogP contribution in [0.5, 0.6) is 0 Å². The van der Waals surface area contributed by atoms with Crippen LogP contribution in [-0.2, 0) is 7.05 Å². The molecule has 82 valence electrons. The standard InChI is InChI=1S/C11H8FNO3/c1-13-6-9(10(14)16-11(13)15)7-2-4-8(12)5-3-7/h2-6H,1H3. The molecule has 0 saturated heterocycles. The van der Waals surface area contributed by atoms with Gasteiger partial charge in [-0.15, -0.1) is 0 Å². The Kier molecular flexibility index (Phi) is 2.44. The predicted molar refractivity (Wildman–Crippen MR) is 55.6 cm³/mol. The van der Waals surface area contributed by atoms with Gasteiger partial charge in [-0.05, 0) is 17.7 Å². The highest BCUT2D eigenvalue weighted by Crippen LogP contribution is 2.14. The lowest BCUT2D eigenvalue weighted by atomic mass is 10.1. The summed E-state index contributed by atoms with van der Waals surface area (Å²) in [6, 6.07) is 5.37. The van der Waals surface area contributed by atoms with Crippen LogP contribution in [0.4, 0.5) is 4.39 Å². The first-order valence-corrected chi connectivity index (χ1v) is 4.54. The quantitative estimate of drug-likeness (QED) is 0.725. The Hall–Kier alpha value is -2.17. The van der Waals surface area contributed by atoms with E-state index in [1.54, 1.807) is 0 Å². The van der Waals surface area contributed by atoms with Crippen molar-refractivity contribution in [1.29, 1.82) is 0 Å². The molecule has 1 heterocycles. The predicted octanol–water partition coefficient (Wildman–Crippen LogP) is 1.14. The van der Waals surface area contributed by atoms with Crippen molar-refractivity contribution < 1.29 is 8.81 Å². The molecule has 0 spiro atoms. The molecule has 1 aromatic carbocycles. The minimum atomic E-state index is -0.727. The van der Waals surface area contributed by atoms with Crippen molar-refractivity contribution in [3.63, 3.8) is 0 Å². The van der Waals surface area contributed by atoms with E-state index in [-0.39, 0.29) is 5.56 Å². The number of hydrogen-bond donors (Lipinski definition) is 0. The smallest absolute Gasteiger partial charge is 0.372 e. The highest BCUT2D eigenvalue weighted by molar-refractivity contribution is 5.60. The minimum Gasteiger partial charge on any atom is -0.372 e. The molecule has 0 unspecified atom stereocenters. The van der Waals surface area contributed by atoms with Crippen molar-refractivity contribution in [3.05, 3.63) is 57.3 Å². The third-order valence-electron chi connectivity index (χ3n) is 2.17. The van der Waals surface area contributed by atoms with E-state index < -0.39 is 17.2 Å². The van der Waals surface area contributed by atoms with Gasteiger partial charge in [-0.1, -0.05) is 12.1 Å². The Balaban J connectivity index is 2.65. The second kappa shape index (κ2) is 3.77. The summed E-state index contributed by atoms with van der Waals surface area (Å²) in [5.41, 5.74) is 0.00237. The second-order valence-electron chi connectivity index (χ2n) is 3.32. The zero-order valence-electron chi connectivity index (χ0n) is 8.44. The lowest BCUT2D eigenvalue weighted by Crippen LogP contribution is -2.22. The van der Waals surface area contributed by atoms with Crippen LogP contribution in [0.2, 0.25) is 0 Å². The zero-order valence-corrected chi connectivity index (χ0v) is 8.44. The van der Waals surface area contributed by atoms with Gasteiger partial charge in [-0.2, -0.15) is 0 Å². The molecule has 0 N–H and O–H groups in total. The molecule has 4 nitrogen and oxygen atoms in total. The molecule has 2 rings (SSSR count). The number of aromatic nitrogens is 1. The summed E-state index contributed by atoms with van der Waals surface area (Å²) in [6.45, 7) is 0. The van der Waals surface area contributed by atoms with Gasteiger partial charge < -0.3 is 4.42 Å². The van der Waals surface area contributed by atoms with Gasteiger partial charge in [0.25, 0.3) is 0 Å². The molecule has 0 radical (unpaired) electrons. The van der Waals surface area contributed by atoms with Crippen LogP contribution >= 0.6 is 0 Å². The zero-order chi connectivity index (χ0) is 11.7. The van der Waals surface area contributed by atoms with Gasteiger partial charge in [-0.25, -0.2) is 14.0 Å². The number of benzene rings is 1. The maximum atomic E-state index is 12.7. The van der Waals surface area contributed by atoms with E-state index in [0.29, 0.717) is 5.56 Å². The molecule has 0 aliphatic carbocycles. The molecule has 0 amide bonds. The Morgan fingerprint density at radius 3 is 2.44 bits per heavy atom. The average Bonchev–Trinajstić information content (AvgIpc) is 2.25. The Bertz CT molecular complexity index is 625. The van der Waals surface area contributed by atoms with Crippen LogP contribution in [0.25, 0.3) is 11.1 Å². The monoisotopic (exact) mass is 221 g/mol. The van der Waals surface area contributed by atoms with Gasteiger partial charge in [0.15, 0.2) is 0 Å². The van der Waals surface area contributed by atoms with E-state index in [0.717, 1.165) is 4.57 Å². The normalized spacial score (nSPS) is 10.4. The Morgan fingerprint density at radius 2 is 1.81 bits per heavy atom. The molecular formula is C11H8FNO3. The largest absolute Gasteiger partial charge is 0.421 e. The van der Waals surface area contributed by atoms with Crippen molar-refractivity contribution >= 4 is 0 Å². The number of halogens is 1. The van der Waals surface area contributed by atoms with Crippen LogP contribution in [0.15, 0.2) is 44.5 Å². The van der Waals surface area contributed by atoms with E-state index in [1.165, 1.54) is 37.5 Å². The average molecular weight is 221 g/mol. The summed E-state index contributed by atoms with van der Waals surface area (Å²) in [5, 5.41) is 0. The van der Waals surface area contributed by atoms with Crippen molar-refractivity contribution in [2.24, 2.45) is 7.05 Å². The molecule has 0 fully saturated rings. The molecule has 0 saturated carbocycles. The molecule has 0 atom stereocenters. The van der Waals surface area contributed by atoms with Crippen molar-refractivity contribution in [2.45, 2.75) is 0 Å². The summed E-state index contributed by atoms with van der Waals surface area (Å²) in [7, 11) is 1.47. The van der Waals surface area contributed by atoms with Gasteiger partial charge in [0, 0.05) is 13.2 Å². The molecule has 1 aromatic heterocycles. The highest BCUT2D eigenvalue weighted by atomic mass is 19.1. The second-order valence-corrected chi connectivity index (χ2v) is 3.32. The van der Waals surface area contributed by atoms with E-state index in [9.17, 15) is 14.0 Å². The number of rotatable bonds is 1. The van der Waals surface area contributed by atoms with Crippen molar-refractivity contribution in [1.82, 2.24) is 4.57 Å². The minimum absolute atomic E-state index is 0.224. The lowest BCUT2D eigenvalue weighted by molar-refractivity contribution is 0.421. The first-order valence-electron chi connectivity index (χ1n) is 4.54. The van der Waals surface area contributed by atoms with E-state index in [1.807, 2.05) is 0 Å². The summed E-state index contributed by atoms with van der Waals surface area (Å²) < 4.78 is 18.3. The first-order chi connectivity index (χ1) is 7.58. The summed E-state index contributed by atoms with van der Waals surface area (Å²) in [4.78, 5) is 22.4. The highest BCUT2D eigenvalue weighted by Gasteiger charge is 2.07. The van der Waals surface area contributed by atoms with Crippen LogP contribution < -0.4 is 11.4 Å². The van der Waals surface area contributed by atoms with E-state index in [4.69, 9.17) is 0 Å². The number of aryl methyl sites for hydroxylation is 1. The molecule has 0 bridgehead atoms. The van der Waals surface area contributed by atoms with Gasteiger partial charge in [0.05, 0.1) is 5.56 Å². The topological polar surface area (TPSA) is 52.2 Å². The molecule has 0 aliphatic heterocycles. The number of hydrogen-bond acceptors (Lipinski definition) is 3. The van der Waals surface area contributed by atoms with Crippen LogP contribution in [0.1, 0.15) is 0 Å². The third-order valence-corrected chi connectivity index (χ3v) is 2.17. The Labute approximate surface area is 89.6 Å². The number of nitrogens with zero attached hydrogens (tertiary/aromatic N) is 1. The lowest BCUT2D eigenvalue weighted by Gasteiger charge is -2.01. The molecule has 2 aromatic rings. The van der Waals surface area contributed by atoms with Gasteiger partial charge in [-0.3, -0.25) is 4.57 Å².